The van der Waals surface area contributed by atoms with Crippen LogP contribution in [0.15, 0.2) is 42.6 Å². The summed E-state index contributed by atoms with van der Waals surface area (Å²) >= 11 is 0. The van der Waals surface area contributed by atoms with Gasteiger partial charge in [0.25, 0.3) is 0 Å². The van der Waals surface area contributed by atoms with E-state index in [9.17, 15) is 13.2 Å². The van der Waals surface area contributed by atoms with Crippen molar-refractivity contribution in [2.75, 3.05) is 18.5 Å². The molecule has 0 unspecified atom stereocenters. The molecule has 1 aromatic carbocycles. The summed E-state index contributed by atoms with van der Waals surface area (Å²) in [5.41, 5.74) is 0.768. The first kappa shape index (κ1) is 21.7. The maximum Gasteiger partial charge on any atom is 0.416 e. The van der Waals surface area contributed by atoms with E-state index in [2.05, 4.69) is 23.3 Å². The first-order valence-corrected chi connectivity index (χ1v) is 9.27. The SMILES string of the molecule is C\C=C/C=c1/c(NCCO)ncc(-c2ccc(C(F)(F)F)cc2)/c1=C\CCC. The van der Waals surface area contributed by atoms with Crippen molar-refractivity contribution < 1.29 is 18.3 Å². The van der Waals surface area contributed by atoms with Gasteiger partial charge in [0.2, 0.25) is 0 Å². The molecule has 0 saturated heterocycles. The molecule has 2 aromatic rings. The Balaban J connectivity index is 2.70. The smallest absolute Gasteiger partial charge is 0.395 e. The molecule has 28 heavy (non-hydrogen) atoms. The van der Waals surface area contributed by atoms with Crippen molar-refractivity contribution in [3.8, 4) is 11.1 Å². The van der Waals surface area contributed by atoms with Crippen LogP contribution in [0.4, 0.5) is 19.0 Å². The minimum absolute atomic E-state index is 0.0284. The van der Waals surface area contributed by atoms with Gasteiger partial charge in [-0.25, -0.2) is 4.98 Å². The summed E-state index contributed by atoms with van der Waals surface area (Å²) in [6.07, 6.45) is 6.85. The van der Waals surface area contributed by atoms with E-state index in [1.165, 1.54) is 12.1 Å². The van der Waals surface area contributed by atoms with E-state index < -0.39 is 11.7 Å². The fourth-order valence-electron chi connectivity index (χ4n) is 2.79. The van der Waals surface area contributed by atoms with E-state index in [1.807, 2.05) is 25.2 Å². The molecule has 150 valence electrons. The zero-order valence-electron chi connectivity index (χ0n) is 16.1. The highest BCUT2D eigenvalue weighted by atomic mass is 19.4. The number of pyridine rings is 1. The quantitative estimate of drug-likeness (QED) is 0.748. The molecule has 3 nitrogen and oxygen atoms in total. The lowest BCUT2D eigenvalue weighted by Crippen LogP contribution is -2.32. The number of benzene rings is 1. The molecule has 6 heteroatoms. The van der Waals surface area contributed by atoms with Gasteiger partial charge in [-0.05, 0) is 36.3 Å². The van der Waals surface area contributed by atoms with E-state index in [-0.39, 0.29) is 6.61 Å². The number of aromatic nitrogens is 1. The van der Waals surface area contributed by atoms with E-state index in [1.54, 1.807) is 6.20 Å². The monoisotopic (exact) mass is 390 g/mol. The van der Waals surface area contributed by atoms with Crippen molar-refractivity contribution >= 4 is 18.0 Å². The van der Waals surface area contributed by atoms with Crippen LogP contribution in [0.25, 0.3) is 23.3 Å². The van der Waals surface area contributed by atoms with Crippen molar-refractivity contribution in [3.63, 3.8) is 0 Å². The molecule has 0 aliphatic carbocycles. The summed E-state index contributed by atoms with van der Waals surface area (Å²) < 4.78 is 38.6. The number of hydrogen-bond acceptors (Lipinski definition) is 3. The van der Waals surface area contributed by atoms with Gasteiger partial charge in [-0.3, -0.25) is 0 Å². The average Bonchev–Trinajstić information content (AvgIpc) is 2.68. The molecule has 2 N–H and O–H groups in total. The lowest BCUT2D eigenvalue weighted by atomic mass is 10.0. The molecule has 0 amide bonds. The van der Waals surface area contributed by atoms with E-state index in [0.29, 0.717) is 17.9 Å². The Bertz CT molecular complexity index is 917. The summed E-state index contributed by atoms with van der Waals surface area (Å²) in [7, 11) is 0. The predicted molar refractivity (Wildman–Crippen MR) is 108 cm³/mol. The summed E-state index contributed by atoms with van der Waals surface area (Å²) in [5.74, 6) is 0.630. The van der Waals surface area contributed by atoms with Crippen LogP contribution in [0.5, 0.6) is 0 Å². The second kappa shape index (κ2) is 10.1. The minimum atomic E-state index is -4.36. The van der Waals surface area contributed by atoms with E-state index >= 15 is 0 Å². The Kier molecular flexibility index (Phi) is 7.81. The third-order valence-electron chi connectivity index (χ3n) is 4.18. The molecule has 2 rings (SSSR count). The zero-order valence-corrected chi connectivity index (χ0v) is 16.1. The molecule has 0 spiro atoms. The Morgan fingerprint density at radius 2 is 1.86 bits per heavy atom. The molecule has 0 atom stereocenters. The summed E-state index contributed by atoms with van der Waals surface area (Å²) in [4.78, 5) is 4.46. The Morgan fingerprint density at radius 3 is 2.43 bits per heavy atom. The van der Waals surface area contributed by atoms with Crippen LogP contribution in [-0.4, -0.2) is 23.2 Å². The minimum Gasteiger partial charge on any atom is -0.395 e. The van der Waals surface area contributed by atoms with Crippen molar-refractivity contribution in [1.82, 2.24) is 4.98 Å². The number of alkyl halides is 3. The zero-order chi connectivity index (χ0) is 20.6. The Labute approximate surface area is 162 Å². The number of nitrogens with zero attached hydrogens (tertiary/aromatic N) is 1. The Morgan fingerprint density at radius 1 is 1.14 bits per heavy atom. The molecule has 1 aromatic heterocycles. The second-order valence-corrected chi connectivity index (χ2v) is 6.26. The number of aliphatic hydroxyl groups excluding tert-OH is 1. The molecule has 0 saturated carbocycles. The van der Waals surface area contributed by atoms with Gasteiger partial charge in [0, 0.05) is 23.5 Å². The maximum absolute atomic E-state index is 12.9. The molecule has 1 heterocycles. The molecule has 0 aliphatic rings. The van der Waals surface area contributed by atoms with Gasteiger partial charge in [0.05, 0.1) is 12.2 Å². The van der Waals surface area contributed by atoms with Gasteiger partial charge in [-0.2, -0.15) is 13.2 Å². The van der Waals surface area contributed by atoms with Crippen LogP contribution >= 0.6 is 0 Å². The number of rotatable bonds is 7. The van der Waals surface area contributed by atoms with Crippen LogP contribution in [0.3, 0.4) is 0 Å². The van der Waals surface area contributed by atoms with Gasteiger partial charge in [0.15, 0.2) is 0 Å². The van der Waals surface area contributed by atoms with Gasteiger partial charge in [0.1, 0.15) is 5.82 Å². The van der Waals surface area contributed by atoms with Gasteiger partial charge in [-0.15, -0.1) is 0 Å². The summed E-state index contributed by atoms with van der Waals surface area (Å²) in [6.45, 7) is 4.30. The van der Waals surface area contributed by atoms with Crippen LogP contribution in [0.2, 0.25) is 0 Å². The lowest BCUT2D eigenvalue weighted by Gasteiger charge is -2.11. The third kappa shape index (κ3) is 5.45. The second-order valence-electron chi connectivity index (χ2n) is 6.26. The number of anilines is 1. The third-order valence-corrected chi connectivity index (χ3v) is 4.18. The van der Waals surface area contributed by atoms with E-state index in [4.69, 9.17) is 5.11 Å². The molecule has 0 fully saturated rings. The molecule has 0 aliphatic heterocycles. The van der Waals surface area contributed by atoms with Crippen molar-refractivity contribution in [2.24, 2.45) is 0 Å². The molecular weight excluding hydrogens is 365 g/mol. The fraction of sp³-hybridized carbons (Fsp3) is 0.318. The number of unbranched alkanes of at least 4 members (excludes halogenated alkanes) is 1. The number of halogens is 3. The van der Waals surface area contributed by atoms with Gasteiger partial charge in [-0.1, -0.05) is 49.8 Å². The standard InChI is InChI=1S/C22H25F3N2O/c1-3-5-7-18-19(8-6-4-2)21(26-13-14-28)27-15-20(18)16-9-11-17(12-10-16)22(23,24)25/h4,6-12,15,28H,3,5,13-14H2,1-2H3,(H,26,27)/b6-4-,18-7-,19-8+. The van der Waals surface area contributed by atoms with Gasteiger partial charge < -0.3 is 10.4 Å². The summed E-state index contributed by atoms with van der Waals surface area (Å²) in [5, 5.41) is 14.0. The number of nitrogens with one attached hydrogen (secondary N) is 1. The largest absolute Gasteiger partial charge is 0.416 e. The highest BCUT2D eigenvalue weighted by Crippen LogP contribution is 2.30. The number of hydrogen-bond donors (Lipinski definition) is 2. The van der Waals surface area contributed by atoms with E-state index in [0.717, 1.165) is 41.0 Å². The Hall–Kier alpha value is -2.60. The fourth-order valence-corrected chi connectivity index (χ4v) is 2.79. The molecule has 0 radical (unpaired) electrons. The van der Waals surface area contributed by atoms with Crippen molar-refractivity contribution in [1.29, 1.82) is 0 Å². The topological polar surface area (TPSA) is 45.1 Å². The van der Waals surface area contributed by atoms with Crippen molar-refractivity contribution in [3.05, 3.63) is 58.6 Å². The summed E-state index contributed by atoms with van der Waals surface area (Å²) in [6, 6.07) is 5.13. The molecular formula is C22H25F3N2O. The number of aliphatic hydroxyl groups is 1. The first-order valence-electron chi connectivity index (χ1n) is 9.27. The van der Waals surface area contributed by atoms with Crippen LogP contribution < -0.4 is 15.8 Å². The number of allylic oxidation sites excluding steroid dienone is 2. The van der Waals surface area contributed by atoms with Crippen LogP contribution in [-0.2, 0) is 6.18 Å². The van der Waals surface area contributed by atoms with Crippen molar-refractivity contribution in [2.45, 2.75) is 32.9 Å². The predicted octanol–water partition coefficient (Wildman–Crippen LogP) is 4.11. The van der Waals surface area contributed by atoms with Crippen LogP contribution in [0, 0.1) is 0 Å². The highest BCUT2D eigenvalue weighted by Gasteiger charge is 2.30. The van der Waals surface area contributed by atoms with Crippen LogP contribution in [0.1, 0.15) is 32.3 Å². The highest BCUT2D eigenvalue weighted by molar-refractivity contribution is 5.68. The normalized spacial score (nSPS) is 13.5. The average molecular weight is 390 g/mol. The molecule has 0 bridgehead atoms. The maximum atomic E-state index is 12.9. The lowest BCUT2D eigenvalue weighted by molar-refractivity contribution is -0.137. The first-order chi connectivity index (χ1) is 13.4. The van der Waals surface area contributed by atoms with Gasteiger partial charge >= 0.3 is 6.18 Å².